The van der Waals surface area contributed by atoms with Crippen LogP contribution in [-0.4, -0.2) is 25.7 Å². The second-order valence-corrected chi connectivity index (χ2v) is 8.63. The van der Waals surface area contributed by atoms with Gasteiger partial charge in [-0.2, -0.15) is 23.0 Å². The van der Waals surface area contributed by atoms with Gasteiger partial charge in [-0.15, -0.1) is 11.3 Å². The van der Waals surface area contributed by atoms with Gasteiger partial charge in [0.1, 0.15) is 5.82 Å². The SMILES string of the molecule is Cc1cc(NC(=O)Cc2csc(Cc3cccc(Cl)c3)n2)n(-c2ccc(C(F)(F)F)cn2)n1. The van der Waals surface area contributed by atoms with E-state index >= 15 is 0 Å². The molecule has 1 amide bonds. The Balaban J connectivity index is 1.44. The van der Waals surface area contributed by atoms with Gasteiger partial charge in [0.25, 0.3) is 0 Å². The van der Waals surface area contributed by atoms with Crippen LogP contribution in [-0.2, 0) is 23.8 Å². The smallest absolute Gasteiger partial charge is 0.310 e. The van der Waals surface area contributed by atoms with Gasteiger partial charge in [-0.3, -0.25) is 4.79 Å². The van der Waals surface area contributed by atoms with Gasteiger partial charge in [-0.05, 0) is 36.8 Å². The van der Waals surface area contributed by atoms with Gasteiger partial charge < -0.3 is 5.32 Å². The van der Waals surface area contributed by atoms with Gasteiger partial charge in [-0.25, -0.2) is 9.97 Å². The normalized spacial score (nSPS) is 11.5. The summed E-state index contributed by atoms with van der Waals surface area (Å²) in [6.07, 6.45) is -3.11. The molecule has 4 rings (SSSR count). The molecule has 4 aromatic rings. The summed E-state index contributed by atoms with van der Waals surface area (Å²) in [6.45, 7) is 1.71. The molecular weight excluding hydrogens is 475 g/mol. The lowest BCUT2D eigenvalue weighted by Crippen LogP contribution is -2.18. The Labute approximate surface area is 196 Å². The summed E-state index contributed by atoms with van der Waals surface area (Å²) in [5, 5.41) is 10.3. The number of anilines is 1. The number of pyridine rings is 1. The van der Waals surface area contributed by atoms with E-state index in [1.807, 2.05) is 23.6 Å². The van der Waals surface area contributed by atoms with Crippen molar-refractivity contribution < 1.29 is 18.0 Å². The monoisotopic (exact) mass is 491 g/mol. The lowest BCUT2D eigenvalue weighted by molar-refractivity contribution is -0.137. The number of alkyl halides is 3. The molecule has 1 N–H and O–H groups in total. The molecule has 0 spiro atoms. The minimum atomic E-state index is -4.48. The van der Waals surface area contributed by atoms with E-state index in [4.69, 9.17) is 11.6 Å². The molecule has 0 saturated carbocycles. The summed E-state index contributed by atoms with van der Waals surface area (Å²) in [5.74, 6) is 0.130. The lowest BCUT2D eigenvalue weighted by atomic mass is 10.2. The largest absolute Gasteiger partial charge is 0.417 e. The van der Waals surface area contributed by atoms with E-state index in [2.05, 4.69) is 20.4 Å². The van der Waals surface area contributed by atoms with Crippen molar-refractivity contribution in [3.05, 3.63) is 86.6 Å². The number of rotatable bonds is 6. The van der Waals surface area contributed by atoms with Crippen molar-refractivity contribution in [1.29, 1.82) is 0 Å². The van der Waals surface area contributed by atoms with Crippen LogP contribution in [0.4, 0.5) is 19.0 Å². The van der Waals surface area contributed by atoms with E-state index in [1.54, 1.807) is 19.1 Å². The molecule has 11 heteroatoms. The highest BCUT2D eigenvalue weighted by Crippen LogP contribution is 2.29. The van der Waals surface area contributed by atoms with Crippen LogP contribution < -0.4 is 5.32 Å². The average molecular weight is 492 g/mol. The fraction of sp³-hybridized carbons (Fsp3) is 0.182. The average Bonchev–Trinajstić information content (AvgIpc) is 3.33. The fourth-order valence-electron chi connectivity index (χ4n) is 3.13. The van der Waals surface area contributed by atoms with Gasteiger partial charge in [-0.1, -0.05) is 23.7 Å². The second kappa shape index (κ2) is 9.32. The summed E-state index contributed by atoms with van der Waals surface area (Å²) in [6, 6.07) is 11.2. The fourth-order valence-corrected chi connectivity index (χ4v) is 4.17. The number of nitrogens with one attached hydrogen (secondary N) is 1. The zero-order valence-electron chi connectivity index (χ0n) is 17.2. The summed E-state index contributed by atoms with van der Waals surface area (Å²) < 4.78 is 39.7. The molecule has 0 radical (unpaired) electrons. The van der Waals surface area contributed by atoms with Crippen LogP contribution in [0.5, 0.6) is 0 Å². The van der Waals surface area contributed by atoms with Gasteiger partial charge in [0, 0.05) is 29.1 Å². The topological polar surface area (TPSA) is 72.7 Å². The number of amides is 1. The van der Waals surface area contributed by atoms with Crippen molar-refractivity contribution >= 4 is 34.7 Å². The molecule has 0 saturated heterocycles. The summed E-state index contributed by atoms with van der Waals surface area (Å²) in [7, 11) is 0. The number of halogens is 4. The maximum Gasteiger partial charge on any atom is 0.417 e. The van der Waals surface area contributed by atoms with Crippen LogP contribution in [0.15, 0.2) is 54.0 Å². The molecule has 3 aromatic heterocycles. The summed E-state index contributed by atoms with van der Waals surface area (Å²) in [4.78, 5) is 20.9. The third kappa shape index (κ3) is 5.77. The zero-order valence-corrected chi connectivity index (χ0v) is 18.8. The predicted octanol–water partition coefficient (Wildman–Crippen LogP) is 5.48. The van der Waals surface area contributed by atoms with Crippen molar-refractivity contribution in [2.75, 3.05) is 5.32 Å². The highest BCUT2D eigenvalue weighted by molar-refractivity contribution is 7.09. The first-order valence-electron chi connectivity index (χ1n) is 9.75. The van der Waals surface area contributed by atoms with Crippen LogP contribution in [0.2, 0.25) is 5.02 Å². The van der Waals surface area contributed by atoms with E-state index in [1.165, 1.54) is 22.1 Å². The third-order valence-corrected chi connectivity index (χ3v) is 5.71. The molecule has 3 heterocycles. The van der Waals surface area contributed by atoms with E-state index in [0.29, 0.717) is 28.6 Å². The van der Waals surface area contributed by atoms with Crippen molar-refractivity contribution in [1.82, 2.24) is 19.7 Å². The Morgan fingerprint density at radius 2 is 2.03 bits per heavy atom. The maximum atomic E-state index is 12.8. The lowest BCUT2D eigenvalue weighted by Gasteiger charge is -2.10. The molecule has 1 aromatic carbocycles. The van der Waals surface area contributed by atoms with Crippen molar-refractivity contribution in [3.63, 3.8) is 0 Å². The van der Waals surface area contributed by atoms with Crippen molar-refractivity contribution in [2.24, 2.45) is 0 Å². The van der Waals surface area contributed by atoms with Crippen LogP contribution in [0.3, 0.4) is 0 Å². The molecule has 0 aliphatic carbocycles. The predicted molar refractivity (Wildman–Crippen MR) is 120 cm³/mol. The molecule has 170 valence electrons. The number of hydrogen-bond acceptors (Lipinski definition) is 5. The first-order chi connectivity index (χ1) is 15.7. The first-order valence-corrected chi connectivity index (χ1v) is 11.0. The van der Waals surface area contributed by atoms with Crippen LogP contribution >= 0.6 is 22.9 Å². The number of nitrogens with zero attached hydrogens (tertiary/aromatic N) is 4. The van der Waals surface area contributed by atoms with Gasteiger partial charge in [0.15, 0.2) is 5.82 Å². The molecule has 0 atom stereocenters. The molecule has 0 fully saturated rings. The van der Waals surface area contributed by atoms with Gasteiger partial charge in [0.05, 0.1) is 28.4 Å². The first kappa shape index (κ1) is 22.9. The van der Waals surface area contributed by atoms with Crippen LogP contribution in [0, 0.1) is 6.92 Å². The van der Waals surface area contributed by atoms with Gasteiger partial charge in [0.2, 0.25) is 5.91 Å². The number of thiazole rings is 1. The minimum Gasteiger partial charge on any atom is -0.310 e. The molecule has 6 nitrogen and oxygen atoms in total. The Hall–Kier alpha value is -3.24. The number of aryl methyl sites for hydroxylation is 1. The minimum absolute atomic E-state index is 0.0384. The van der Waals surface area contributed by atoms with E-state index < -0.39 is 11.7 Å². The zero-order chi connectivity index (χ0) is 23.6. The number of aromatic nitrogens is 4. The Kier molecular flexibility index (Phi) is 6.48. The Morgan fingerprint density at radius 1 is 1.21 bits per heavy atom. The number of benzene rings is 1. The number of carbonyl (C=O) groups is 1. The standard InChI is InChI=1S/C22H17ClF3N5OS/c1-13-7-19(31(30-13)18-6-5-15(11-27-18)22(24,25)26)29-20(32)10-17-12-33-21(28-17)9-14-3-2-4-16(23)8-14/h2-8,11-12H,9-10H2,1H3,(H,29,32). The molecule has 33 heavy (non-hydrogen) atoms. The highest BCUT2D eigenvalue weighted by Gasteiger charge is 2.30. The maximum absolute atomic E-state index is 12.8. The van der Waals surface area contributed by atoms with Crippen LogP contribution in [0.1, 0.15) is 27.5 Å². The van der Waals surface area contributed by atoms with Crippen molar-refractivity contribution in [3.8, 4) is 5.82 Å². The van der Waals surface area contributed by atoms with E-state index in [0.717, 1.165) is 22.8 Å². The summed E-state index contributed by atoms with van der Waals surface area (Å²) >= 11 is 7.47. The van der Waals surface area contributed by atoms with Gasteiger partial charge >= 0.3 is 6.18 Å². The molecule has 0 aliphatic rings. The third-order valence-electron chi connectivity index (χ3n) is 4.58. The molecule has 0 bridgehead atoms. The number of hydrogen-bond donors (Lipinski definition) is 1. The van der Waals surface area contributed by atoms with Crippen molar-refractivity contribution in [2.45, 2.75) is 25.9 Å². The van der Waals surface area contributed by atoms with Crippen LogP contribution in [0.25, 0.3) is 5.82 Å². The van der Waals surface area contributed by atoms with E-state index in [9.17, 15) is 18.0 Å². The second-order valence-electron chi connectivity index (χ2n) is 7.25. The molecular formula is C22H17ClF3N5OS. The highest BCUT2D eigenvalue weighted by atomic mass is 35.5. The Morgan fingerprint density at radius 3 is 2.73 bits per heavy atom. The molecule has 0 aliphatic heterocycles. The summed E-state index contributed by atoms with van der Waals surface area (Å²) in [5.41, 5.74) is 1.35. The molecule has 0 unspecified atom stereocenters. The number of carbonyl (C=O) groups excluding carboxylic acids is 1. The Bertz CT molecular complexity index is 1280. The van der Waals surface area contributed by atoms with E-state index in [-0.39, 0.29) is 18.1 Å². The quantitative estimate of drug-likeness (QED) is 0.388.